The van der Waals surface area contributed by atoms with Crippen LogP contribution in [0.25, 0.3) is 0 Å². The van der Waals surface area contributed by atoms with Crippen LogP contribution in [-0.4, -0.2) is 26.5 Å². The SMILES string of the molecule is CSSCCS(=O)O. The molecule has 0 saturated heterocycles. The monoisotopic (exact) mass is 172 g/mol. The van der Waals surface area contributed by atoms with Crippen LogP contribution in [0.2, 0.25) is 0 Å². The molecule has 0 aromatic heterocycles. The topological polar surface area (TPSA) is 37.3 Å². The minimum absolute atomic E-state index is 0.380. The minimum Gasteiger partial charge on any atom is -0.306 e. The Kier molecular flexibility index (Phi) is 6.54. The highest BCUT2D eigenvalue weighted by Crippen LogP contribution is 2.15. The summed E-state index contributed by atoms with van der Waals surface area (Å²) in [6.45, 7) is 0. The Labute approximate surface area is 59.5 Å². The zero-order valence-electron chi connectivity index (χ0n) is 4.49. The van der Waals surface area contributed by atoms with Crippen molar-refractivity contribution in [3.63, 3.8) is 0 Å². The fourth-order valence-electron chi connectivity index (χ4n) is 0.189. The number of rotatable bonds is 4. The second-order valence-corrected chi connectivity index (χ2v) is 4.75. The van der Waals surface area contributed by atoms with Crippen LogP contribution < -0.4 is 0 Å². The van der Waals surface area contributed by atoms with Gasteiger partial charge in [-0.15, -0.1) is 0 Å². The van der Waals surface area contributed by atoms with E-state index < -0.39 is 11.1 Å². The molecule has 0 heterocycles. The molecular weight excluding hydrogens is 164 g/mol. The molecule has 0 radical (unpaired) electrons. The largest absolute Gasteiger partial charge is 0.306 e. The van der Waals surface area contributed by atoms with Crippen LogP contribution in [-0.2, 0) is 11.1 Å². The smallest absolute Gasteiger partial charge is 0.153 e. The van der Waals surface area contributed by atoms with E-state index in [0.29, 0.717) is 5.75 Å². The fraction of sp³-hybridized carbons (Fsp3) is 1.00. The van der Waals surface area contributed by atoms with Crippen LogP contribution in [0.3, 0.4) is 0 Å². The van der Waals surface area contributed by atoms with Crippen LogP contribution in [0.1, 0.15) is 0 Å². The van der Waals surface area contributed by atoms with E-state index in [-0.39, 0.29) is 0 Å². The van der Waals surface area contributed by atoms with Crippen molar-refractivity contribution < 1.29 is 8.76 Å². The van der Waals surface area contributed by atoms with Crippen molar-refractivity contribution in [1.82, 2.24) is 0 Å². The predicted molar refractivity (Wildman–Crippen MR) is 41.6 cm³/mol. The van der Waals surface area contributed by atoms with E-state index in [0.717, 1.165) is 5.75 Å². The summed E-state index contributed by atoms with van der Waals surface area (Å²) < 4.78 is 18.2. The maximum absolute atomic E-state index is 9.96. The highest BCUT2D eigenvalue weighted by atomic mass is 33.1. The van der Waals surface area contributed by atoms with Crippen LogP contribution in [0, 0.1) is 0 Å². The van der Waals surface area contributed by atoms with Gasteiger partial charge in [-0.2, -0.15) is 0 Å². The van der Waals surface area contributed by atoms with E-state index in [4.69, 9.17) is 4.55 Å². The second-order valence-electron chi connectivity index (χ2n) is 1.01. The normalized spacial score (nSPS) is 13.8. The molecule has 50 valence electrons. The van der Waals surface area contributed by atoms with E-state index in [2.05, 4.69) is 0 Å². The van der Waals surface area contributed by atoms with E-state index >= 15 is 0 Å². The van der Waals surface area contributed by atoms with Crippen LogP contribution in [0.15, 0.2) is 0 Å². The molecule has 8 heavy (non-hydrogen) atoms. The van der Waals surface area contributed by atoms with E-state index in [1.54, 1.807) is 21.6 Å². The summed E-state index contributed by atoms with van der Waals surface area (Å²) in [4.78, 5) is 0. The van der Waals surface area contributed by atoms with Gasteiger partial charge in [-0.05, 0) is 6.26 Å². The van der Waals surface area contributed by atoms with E-state index in [9.17, 15) is 4.21 Å². The maximum Gasteiger partial charge on any atom is 0.153 e. The molecule has 0 aliphatic rings. The molecular formula is C3H8O2S3. The molecule has 0 amide bonds. The van der Waals surface area contributed by atoms with Gasteiger partial charge in [0, 0.05) is 5.75 Å². The van der Waals surface area contributed by atoms with Crippen LogP contribution in [0.4, 0.5) is 0 Å². The average Bonchev–Trinajstić information content (AvgIpc) is 1.66. The zero-order valence-corrected chi connectivity index (χ0v) is 6.94. The summed E-state index contributed by atoms with van der Waals surface area (Å²) in [6.07, 6.45) is 1.95. The van der Waals surface area contributed by atoms with Crippen molar-refractivity contribution in [2.45, 2.75) is 0 Å². The Hall–Kier alpha value is 0.810. The molecule has 1 unspecified atom stereocenters. The van der Waals surface area contributed by atoms with Crippen molar-refractivity contribution in [2.75, 3.05) is 17.8 Å². The van der Waals surface area contributed by atoms with Gasteiger partial charge in [0.1, 0.15) is 0 Å². The molecule has 1 N–H and O–H groups in total. The summed E-state index contributed by atoms with van der Waals surface area (Å²) in [5.41, 5.74) is 0. The van der Waals surface area contributed by atoms with Crippen LogP contribution >= 0.6 is 21.6 Å². The Bertz CT molecular complexity index is 74.9. The van der Waals surface area contributed by atoms with Gasteiger partial charge in [0.2, 0.25) is 0 Å². The zero-order chi connectivity index (χ0) is 6.41. The summed E-state index contributed by atoms with van der Waals surface area (Å²) in [5, 5.41) is 0. The van der Waals surface area contributed by atoms with Gasteiger partial charge in [-0.3, -0.25) is 0 Å². The van der Waals surface area contributed by atoms with Crippen molar-refractivity contribution in [3.05, 3.63) is 0 Å². The Morgan fingerprint density at radius 2 is 2.38 bits per heavy atom. The fourth-order valence-corrected chi connectivity index (χ4v) is 2.31. The standard InChI is InChI=1S/C3H8O2S3/c1-6-7-2-3-8(4)5/h2-3H2,1H3,(H,4,5). The Morgan fingerprint density at radius 3 is 2.75 bits per heavy atom. The van der Waals surface area contributed by atoms with Crippen molar-refractivity contribution >= 4 is 32.7 Å². The Balaban J connectivity index is 2.82. The first-order chi connectivity index (χ1) is 3.77. The van der Waals surface area contributed by atoms with E-state index in [1.165, 1.54) is 0 Å². The number of hydrogen-bond acceptors (Lipinski definition) is 3. The molecule has 0 bridgehead atoms. The molecule has 0 aromatic rings. The minimum atomic E-state index is -1.60. The molecule has 1 atom stereocenters. The quantitative estimate of drug-likeness (QED) is 0.393. The van der Waals surface area contributed by atoms with Gasteiger partial charge in [0.05, 0.1) is 5.75 Å². The highest BCUT2D eigenvalue weighted by molar-refractivity contribution is 8.76. The summed E-state index contributed by atoms with van der Waals surface area (Å²) in [5.74, 6) is 1.13. The van der Waals surface area contributed by atoms with Crippen molar-refractivity contribution in [2.24, 2.45) is 0 Å². The molecule has 0 saturated carbocycles. The van der Waals surface area contributed by atoms with E-state index in [1.807, 2.05) is 6.26 Å². The maximum atomic E-state index is 9.96. The van der Waals surface area contributed by atoms with Gasteiger partial charge >= 0.3 is 0 Å². The molecule has 5 heteroatoms. The molecule has 0 spiro atoms. The lowest BCUT2D eigenvalue weighted by atomic mass is 11.0. The lowest BCUT2D eigenvalue weighted by molar-refractivity contribution is 0.566. The van der Waals surface area contributed by atoms with Gasteiger partial charge in [0.15, 0.2) is 11.1 Å². The molecule has 0 rings (SSSR count). The first-order valence-electron chi connectivity index (χ1n) is 2.00. The molecule has 0 fully saturated rings. The van der Waals surface area contributed by atoms with Gasteiger partial charge in [-0.25, -0.2) is 4.21 Å². The second kappa shape index (κ2) is 5.94. The molecule has 2 nitrogen and oxygen atoms in total. The summed E-state index contributed by atoms with van der Waals surface area (Å²) >= 11 is -1.60. The molecule has 0 aromatic carbocycles. The molecule has 0 aliphatic carbocycles. The lowest BCUT2D eigenvalue weighted by Gasteiger charge is -1.90. The van der Waals surface area contributed by atoms with Crippen molar-refractivity contribution in [1.29, 1.82) is 0 Å². The highest BCUT2D eigenvalue weighted by Gasteiger charge is 1.90. The first-order valence-corrected chi connectivity index (χ1v) is 6.00. The Morgan fingerprint density at radius 1 is 1.75 bits per heavy atom. The average molecular weight is 172 g/mol. The predicted octanol–water partition coefficient (Wildman–Crippen LogP) is 1.22. The lowest BCUT2D eigenvalue weighted by Crippen LogP contribution is -1.95. The first kappa shape index (κ1) is 8.81. The van der Waals surface area contributed by atoms with Gasteiger partial charge < -0.3 is 4.55 Å². The number of hydrogen-bond donors (Lipinski definition) is 1. The van der Waals surface area contributed by atoms with Gasteiger partial charge in [0.25, 0.3) is 0 Å². The third-order valence-corrected chi connectivity index (χ3v) is 3.08. The van der Waals surface area contributed by atoms with Crippen LogP contribution in [0.5, 0.6) is 0 Å². The summed E-state index contributed by atoms with van der Waals surface area (Å²) in [7, 11) is 3.21. The van der Waals surface area contributed by atoms with Crippen molar-refractivity contribution in [3.8, 4) is 0 Å². The van der Waals surface area contributed by atoms with Gasteiger partial charge in [-0.1, -0.05) is 21.6 Å². The third kappa shape index (κ3) is 6.81. The third-order valence-electron chi connectivity index (χ3n) is 0.459. The summed E-state index contributed by atoms with van der Waals surface area (Å²) in [6, 6.07) is 0. The molecule has 0 aliphatic heterocycles.